The molecular weight excluding hydrogens is 312 g/mol. The predicted molar refractivity (Wildman–Crippen MR) is 100 cm³/mol. The van der Waals surface area contributed by atoms with Crippen molar-refractivity contribution < 1.29 is 9.53 Å². The van der Waals surface area contributed by atoms with Crippen LogP contribution in [0.15, 0.2) is 54.6 Å². The number of nitrogens with one attached hydrogen (secondary N) is 1. The summed E-state index contributed by atoms with van der Waals surface area (Å²) in [6.45, 7) is 2.01. The number of amides is 1. The van der Waals surface area contributed by atoms with Gasteiger partial charge < -0.3 is 15.8 Å². The van der Waals surface area contributed by atoms with Gasteiger partial charge in [0.25, 0.3) is 0 Å². The number of ether oxygens (including phenoxy) is 1. The summed E-state index contributed by atoms with van der Waals surface area (Å²) in [4.78, 5) is 12.6. The van der Waals surface area contributed by atoms with Crippen molar-refractivity contribution in [2.75, 3.05) is 5.32 Å². The molecule has 4 nitrogen and oxygen atoms in total. The molecule has 4 heteroatoms. The quantitative estimate of drug-likeness (QED) is 0.855. The summed E-state index contributed by atoms with van der Waals surface area (Å²) < 4.78 is 6.10. The van der Waals surface area contributed by atoms with Crippen LogP contribution in [0.4, 0.5) is 5.69 Å². The van der Waals surface area contributed by atoms with E-state index in [0.717, 1.165) is 36.9 Å². The Morgan fingerprint density at radius 2 is 1.84 bits per heavy atom. The predicted octanol–water partition coefficient (Wildman–Crippen LogP) is 4.28. The molecule has 0 saturated heterocycles. The van der Waals surface area contributed by atoms with Gasteiger partial charge in [0.2, 0.25) is 5.91 Å². The van der Waals surface area contributed by atoms with Crippen LogP contribution in [0.2, 0.25) is 0 Å². The lowest BCUT2D eigenvalue weighted by Gasteiger charge is -2.26. The number of rotatable bonds is 5. The number of carbonyl (C=O) groups excluding carboxylic acids is 1. The van der Waals surface area contributed by atoms with Crippen molar-refractivity contribution in [2.24, 2.45) is 11.7 Å². The second kappa shape index (κ2) is 8.17. The molecule has 3 rings (SSSR count). The highest BCUT2D eigenvalue weighted by molar-refractivity contribution is 5.94. The first-order valence-corrected chi connectivity index (χ1v) is 9.00. The van der Waals surface area contributed by atoms with Crippen LogP contribution in [-0.2, 0) is 4.79 Å². The fourth-order valence-electron chi connectivity index (χ4n) is 3.36. The van der Waals surface area contributed by atoms with Crippen LogP contribution in [0.5, 0.6) is 5.75 Å². The number of nitrogens with two attached hydrogens (primary N) is 1. The van der Waals surface area contributed by atoms with Crippen LogP contribution in [0.1, 0.15) is 44.3 Å². The van der Waals surface area contributed by atoms with Crippen molar-refractivity contribution in [3.8, 4) is 5.75 Å². The zero-order valence-electron chi connectivity index (χ0n) is 14.7. The maximum atomic E-state index is 12.6. The lowest BCUT2D eigenvalue weighted by Crippen LogP contribution is -2.34. The lowest BCUT2D eigenvalue weighted by molar-refractivity contribution is -0.120. The van der Waals surface area contributed by atoms with Crippen molar-refractivity contribution >= 4 is 11.6 Å². The van der Waals surface area contributed by atoms with Gasteiger partial charge in [-0.05, 0) is 43.9 Å². The molecule has 3 N–H and O–H groups in total. The second-order valence-corrected chi connectivity index (χ2v) is 6.78. The van der Waals surface area contributed by atoms with E-state index in [-0.39, 0.29) is 24.0 Å². The van der Waals surface area contributed by atoms with Gasteiger partial charge in [0.1, 0.15) is 11.9 Å². The van der Waals surface area contributed by atoms with Gasteiger partial charge in [0.05, 0.1) is 5.69 Å². The lowest BCUT2D eigenvalue weighted by atomic mass is 9.85. The largest absolute Gasteiger partial charge is 0.484 e. The highest BCUT2D eigenvalue weighted by Crippen LogP contribution is 2.31. The van der Waals surface area contributed by atoms with Gasteiger partial charge >= 0.3 is 0 Å². The number of benzene rings is 2. The third-order valence-corrected chi connectivity index (χ3v) is 4.80. The van der Waals surface area contributed by atoms with Crippen molar-refractivity contribution in [1.29, 1.82) is 0 Å². The Morgan fingerprint density at radius 3 is 2.60 bits per heavy atom. The Morgan fingerprint density at radius 1 is 1.12 bits per heavy atom. The van der Waals surface area contributed by atoms with Crippen molar-refractivity contribution in [2.45, 2.75) is 44.8 Å². The second-order valence-electron chi connectivity index (χ2n) is 6.78. The Hall–Kier alpha value is -2.33. The minimum Gasteiger partial charge on any atom is -0.484 e. The monoisotopic (exact) mass is 338 g/mol. The molecule has 1 aliphatic rings. The fourth-order valence-corrected chi connectivity index (χ4v) is 3.36. The van der Waals surface area contributed by atoms with Crippen LogP contribution in [0.25, 0.3) is 0 Å². The van der Waals surface area contributed by atoms with Crippen LogP contribution >= 0.6 is 0 Å². The van der Waals surface area contributed by atoms with E-state index < -0.39 is 0 Å². The van der Waals surface area contributed by atoms with Crippen LogP contribution in [0.3, 0.4) is 0 Å². The van der Waals surface area contributed by atoms with Crippen LogP contribution in [-0.4, -0.2) is 11.9 Å². The first-order valence-electron chi connectivity index (χ1n) is 9.00. The molecule has 1 amide bonds. The summed E-state index contributed by atoms with van der Waals surface area (Å²) >= 11 is 0. The third-order valence-electron chi connectivity index (χ3n) is 4.80. The van der Waals surface area contributed by atoms with E-state index >= 15 is 0 Å². The minimum atomic E-state index is -0.0950. The molecule has 0 bridgehead atoms. The summed E-state index contributed by atoms with van der Waals surface area (Å²) in [6.07, 6.45) is 3.60. The molecule has 0 aliphatic heterocycles. The molecule has 2 aromatic rings. The highest BCUT2D eigenvalue weighted by atomic mass is 16.5. The summed E-state index contributed by atoms with van der Waals surface area (Å²) in [6, 6.07) is 17.8. The number of carbonyl (C=O) groups is 1. The Labute approximate surface area is 149 Å². The summed E-state index contributed by atoms with van der Waals surface area (Å²) in [7, 11) is 0. The topological polar surface area (TPSA) is 64.3 Å². The molecule has 2 aromatic carbocycles. The molecule has 1 fully saturated rings. The molecule has 0 heterocycles. The van der Waals surface area contributed by atoms with Gasteiger partial charge in [0.15, 0.2) is 0 Å². The number of hydrogen-bond acceptors (Lipinski definition) is 3. The average molecular weight is 338 g/mol. The SMILES string of the molecule is CC(Oc1ccccc1NC(=O)C1CCCC(N)C1)c1ccccc1. The van der Waals surface area contributed by atoms with Crippen LogP contribution in [0, 0.1) is 5.92 Å². The van der Waals surface area contributed by atoms with Gasteiger partial charge in [-0.3, -0.25) is 4.79 Å². The smallest absolute Gasteiger partial charge is 0.227 e. The first kappa shape index (κ1) is 17.5. The summed E-state index contributed by atoms with van der Waals surface area (Å²) in [5.74, 6) is 0.717. The van der Waals surface area contributed by atoms with E-state index in [0.29, 0.717) is 5.75 Å². The molecule has 0 spiro atoms. The molecule has 3 atom stereocenters. The van der Waals surface area contributed by atoms with Gasteiger partial charge in [-0.25, -0.2) is 0 Å². The maximum absolute atomic E-state index is 12.6. The van der Waals surface area contributed by atoms with E-state index in [2.05, 4.69) is 5.32 Å². The summed E-state index contributed by atoms with van der Waals surface area (Å²) in [5, 5.41) is 3.04. The molecule has 132 valence electrons. The van der Waals surface area contributed by atoms with Crippen molar-refractivity contribution in [1.82, 2.24) is 0 Å². The molecule has 1 saturated carbocycles. The molecule has 0 aromatic heterocycles. The molecule has 1 aliphatic carbocycles. The normalized spacial score (nSPS) is 21.4. The standard InChI is InChI=1S/C21H26N2O2/c1-15(16-8-3-2-4-9-16)25-20-13-6-5-12-19(20)23-21(24)17-10-7-11-18(22)14-17/h2-6,8-9,12-13,15,17-18H,7,10-11,14,22H2,1H3,(H,23,24). The Balaban J connectivity index is 1.69. The Bertz CT molecular complexity index is 702. The van der Waals surface area contributed by atoms with Crippen molar-refractivity contribution in [3.05, 3.63) is 60.2 Å². The number of anilines is 1. The molecule has 25 heavy (non-hydrogen) atoms. The molecule has 3 unspecified atom stereocenters. The van der Waals surface area contributed by atoms with E-state index in [1.807, 2.05) is 61.5 Å². The summed E-state index contributed by atoms with van der Waals surface area (Å²) in [5.41, 5.74) is 7.83. The highest BCUT2D eigenvalue weighted by Gasteiger charge is 2.26. The van der Waals surface area contributed by atoms with E-state index in [4.69, 9.17) is 10.5 Å². The zero-order chi connectivity index (χ0) is 17.6. The fraction of sp³-hybridized carbons (Fsp3) is 0.381. The molecular formula is C21H26N2O2. The molecule has 0 radical (unpaired) electrons. The van der Waals surface area contributed by atoms with E-state index in [1.54, 1.807) is 0 Å². The van der Waals surface area contributed by atoms with E-state index in [9.17, 15) is 4.79 Å². The number of para-hydroxylation sites is 2. The van der Waals surface area contributed by atoms with Crippen LogP contribution < -0.4 is 15.8 Å². The van der Waals surface area contributed by atoms with Gasteiger partial charge in [0, 0.05) is 12.0 Å². The first-order chi connectivity index (χ1) is 12.1. The van der Waals surface area contributed by atoms with E-state index in [1.165, 1.54) is 0 Å². The maximum Gasteiger partial charge on any atom is 0.227 e. The zero-order valence-corrected chi connectivity index (χ0v) is 14.7. The number of hydrogen-bond donors (Lipinski definition) is 2. The third kappa shape index (κ3) is 4.60. The van der Waals surface area contributed by atoms with Gasteiger partial charge in [-0.15, -0.1) is 0 Å². The average Bonchev–Trinajstić information content (AvgIpc) is 2.64. The van der Waals surface area contributed by atoms with Crippen molar-refractivity contribution in [3.63, 3.8) is 0 Å². The van der Waals surface area contributed by atoms with Gasteiger partial charge in [-0.2, -0.15) is 0 Å². The Kier molecular flexibility index (Phi) is 5.71. The van der Waals surface area contributed by atoms with Gasteiger partial charge in [-0.1, -0.05) is 48.9 Å². The minimum absolute atomic E-state index is 0.0108.